The van der Waals surface area contributed by atoms with Crippen molar-refractivity contribution in [1.82, 2.24) is 5.32 Å². The Labute approximate surface area is 75.6 Å². The second-order valence-electron chi connectivity index (χ2n) is 2.69. The summed E-state index contributed by atoms with van der Waals surface area (Å²) in [6, 6.07) is 0. The highest BCUT2D eigenvalue weighted by Crippen LogP contribution is 2.02. The van der Waals surface area contributed by atoms with Gasteiger partial charge in [-0.2, -0.15) is 0 Å². The molecule has 12 heavy (non-hydrogen) atoms. The molecule has 66 valence electrons. The molecule has 0 unspecified atom stereocenters. The molecule has 1 nitrogen and oxygen atoms in total. The standard InChI is InChI=1S/C11H17N/c1-5-6-7-10(2)8-9-11(3)12-4/h12H,2-3,5-7H2,1,4H3. The summed E-state index contributed by atoms with van der Waals surface area (Å²) in [5, 5.41) is 2.87. The summed E-state index contributed by atoms with van der Waals surface area (Å²) in [5.41, 5.74) is 1.74. The summed E-state index contributed by atoms with van der Waals surface area (Å²) in [4.78, 5) is 0. The van der Waals surface area contributed by atoms with Gasteiger partial charge in [-0.1, -0.05) is 32.4 Å². The molecule has 0 aliphatic heterocycles. The molecule has 0 aromatic rings. The summed E-state index contributed by atoms with van der Waals surface area (Å²) in [6.45, 7) is 9.72. The summed E-state index contributed by atoms with van der Waals surface area (Å²) in [5.74, 6) is 5.85. The monoisotopic (exact) mass is 163 g/mol. The first-order valence-electron chi connectivity index (χ1n) is 4.27. The van der Waals surface area contributed by atoms with Gasteiger partial charge in [-0.05, 0) is 24.3 Å². The molecule has 0 radical (unpaired) electrons. The summed E-state index contributed by atoms with van der Waals surface area (Å²) in [7, 11) is 1.81. The molecule has 0 aromatic carbocycles. The molecule has 0 aliphatic carbocycles. The zero-order valence-corrected chi connectivity index (χ0v) is 8.04. The Morgan fingerprint density at radius 1 is 1.33 bits per heavy atom. The van der Waals surface area contributed by atoms with Crippen LogP contribution in [0.1, 0.15) is 26.2 Å². The van der Waals surface area contributed by atoms with Crippen molar-refractivity contribution in [2.75, 3.05) is 7.05 Å². The van der Waals surface area contributed by atoms with Gasteiger partial charge in [-0.15, -0.1) is 0 Å². The SMILES string of the molecule is C=C(C#CC(=C)NC)CCCC. The van der Waals surface area contributed by atoms with Crippen molar-refractivity contribution in [2.45, 2.75) is 26.2 Å². The van der Waals surface area contributed by atoms with Gasteiger partial charge in [-0.3, -0.25) is 0 Å². The lowest BCUT2D eigenvalue weighted by atomic mass is 10.1. The number of hydrogen-bond donors (Lipinski definition) is 1. The van der Waals surface area contributed by atoms with Gasteiger partial charge in [0.15, 0.2) is 0 Å². The Bertz CT molecular complexity index is 215. The normalized spacial score (nSPS) is 8.17. The van der Waals surface area contributed by atoms with Crippen LogP contribution in [-0.2, 0) is 0 Å². The predicted octanol–water partition coefficient (Wildman–Crippen LogP) is 2.47. The van der Waals surface area contributed by atoms with Crippen molar-refractivity contribution in [3.05, 3.63) is 24.4 Å². The van der Waals surface area contributed by atoms with E-state index in [-0.39, 0.29) is 0 Å². The van der Waals surface area contributed by atoms with E-state index in [9.17, 15) is 0 Å². The molecule has 0 saturated heterocycles. The van der Waals surface area contributed by atoms with Gasteiger partial charge in [0.2, 0.25) is 0 Å². The van der Waals surface area contributed by atoms with Crippen LogP contribution >= 0.6 is 0 Å². The maximum absolute atomic E-state index is 3.86. The van der Waals surface area contributed by atoms with Crippen molar-refractivity contribution in [3.63, 3.8) is 0 Å². The minimum atomic E-state index is 0.743. The topological polar surface area (TPSA) is 12.0 Å². The molecule has 0 saturated carbocycles. The fraction of sp³-hybridized carbons (Fsp3) is 0.455. The molecule has 0 aromatic heterocycles. The number of nitrogens with one attached hydrogen (secondary N) is 1. The third-order valence-electron chi connectivity index (χ3n) is 1.52. The molecular formula is C11H17N. The van der Waals surface area contributed by atoms with Gasteiger partial charge >= 0.3 is 0 Å². The van der Waals surface area contributed by atoms with E-state index in [4.69, 9.17) is 0 Å². The predicted molar refractivity (Wildman–Crippen MR) is 54.6 cm³/mol. The van der Waals surface area contributed by atoms with Gasteiger partial charge in [0.1, 0.15) is 0 Å². The number of hydrogen-bond acceptors (Lipinski definition) is 1. The van der Waals surface area contributed by atoms with E-state index in [1.807, 2.05) is 7.05 Å². The van der Waals surface area contributed by atoms with E-state index in [0.717, 1.165) is 17.7 Å². The maximum atomic E-state index is 3.86. The average molecular weight is 163 g/mol. The maximum Gasteiger partial charge on any atom is 0.0781 e. The quantitative estimate of drug-likeness (QED) is 0.628. The summed E-state index contributed by atoms with van der Waals surface area (Å²) >= 11 is 0. The number of rotatable bonds is 4. The summed E-state index contributed by atoms with van der Waals surface area (Å²) in [6.07, 6.45) is 3.35. The van der Waals surface area contributed by atoms with Gasteiger partial charge < -0.3 is 5.32 Å². The lowest BCUT2D eigenvalue weighted by molar-refractivity contribution is 0.802. The highest BCUT2D eigenvalue weighted by molar-refractivity contribution is 5.34. The fourth-order valence-electron chi connectivity index (χ4n) is 0.679. The fourth-order valence-corrected chi connectivity index (χ4v) is 0.679. The van der Waals surface area contributed by atoms with E-state index in [1.54, 1.807) is 0 Å². The molecule has 0 spiro atoms. The molecule has 1 heteroatoms. The van der Waals surface area contributed by atoms with Crippen molar-refractivity contribution in [3.8, 4) is 11.8 Å². The van der Waals surface area contributed by atoms with Crippen LogP contribution in [0.4, 0.5) is 0 Å². The zero-order valence-electron chi connectivity index (χ0n) is 8.04. The number of allylic oxidation sites excluding steroid dienone is 2. The minimum absolute atomic E-state index is 0.743. The van der Waals surface area contributed by atoms with Gasteiger partial charge in [0.25, 0.3) is 0 Å². The van der Waals surface area contributed by atoms with Crippen LogP contribution in [0.2, 0.25) is 0 Å². The van der Waals surface area contributed by atoms with Crippen LogP contribution in [0.25, 0.3) is 0 Å². The third kappa shape index (κ3) is 5.61. The molecule has 0 atom stereocenters. The van der Waals surface area contributed by atoms with Crippen LogP contribution < -0.4 is 5.32 Å². The van der Waals surface area contributed by atoms with Crippen LogP contribution in [0, 0.1) is 11.8 Å². The minimum Gasteiger partial charge on any atom is -0.382 e. The van der Waals surface area contributed by atoms with Crippen molar-refractivity contribution >= 4 is 0 Å². The van der Waals surface area contributed by atoms with Gasteiger partial charge in [0.05, 0.1) is 5.70 Å². The van der Waals surface area contributed by atoms with Gasteiger partial charge in [0, 0.05) is 7.05 Å². The van der Waals surface area contributed by atoms with E-state index in [1.165, 1.54) is 12.8 Å². The average Bonchev–Trinajstić information content (AvgIpc) is 2.10. The van der Waals surface area contributed by atoms with E-state index < -0.39 is 0 Å². The van der Waals surface area contributed by atoms with E-state index >= 15 is 0 Å². The first kappa shape index (κ1) is 10.8. The Morgan fingerprint density at radius 2 is 2.00 bits per heavy atom. The first-order chi connectivity index (χ1) is 5.70. The molecule has 0 bridgehead atoms. The molecule has 0 heterocycles. The molecule has 0 rings (SSSR count). The van der Waals surface area contributed by atoms with Crippen LogP contribution in [0.3, 0.4) is 0 Å². The Hall–Kier alpha value is -1.16. The van der Waals surface area contributed by atoms with Gasteiger partial charge in [-0.25, -0.2) is 0 Å². The number of unbranched alkanes of at least 4 members (excludes halogenated alkanes) is 1. The Balaban J connectivity index is 3.79. The Kier molecular flexibility index (Phi) is 5.91. The second kappa shape index (κ2) is 6.54. The molecular weight excluding hydrogens is 146 g/mol. The smallest absolute Gasteiger partial charge is 0.0781 e. The molecule has 1 N–H and O–H groups in total. The Morgan fingerprint density at radius 3 is 2.50 bits per heavy atom. The van der Waals surface area contributed by atoms with E-state index in [2.05, 4.69) is 37.2 Å². The largest absolute Gasteiger partial charge is 0.382 e. The highest BCUT2D eigenvalue weighted by Gasteiger charge is 1.87. The second-order valence-corrected chi connectivity index (χ2v) is 2.69. The lowest BCUT2D eigenvalue weighted by Gasteiger charge is -1.94. The zero-order chi connectivity index (χ0) is 9.40. The first-order valence-corrected chi connectivity index (χ1v) is 4.27. The van der Waals surface area contributed by atoms with Crippen LogP contribution in [-0.4, -0.2) is 7.05 Å². The molecule has 0 amide bonds. The van der Waals surface area contributed by atoms with Crippen molar-refractivity contribution in [2.24, 2.45) is 0 Å². The highest BCUT2D eigenvalue weighted by atomic mass is 14.8. The van der Waals surface area contributed by atoms with E-state index in [0.29, 0.717) is 0 Å². The molecule has 0 fully saturated rings. The van der Waals surface area contributed by atoms with Crippen molar-refractivity contribution in [1.29, 1.82) is 0 Å². The van der Waals surface area contributed by atoms with Crippen LogP contribution in [0.5, 0.6) is 0 Å². The van der Waals surface area contributed by atoms with Crippen molar-refractivity contribution < 1.29 is 0 Å². The molecule has 0 aliphatic rings. The third-order valence-corrected chi connectivity index (χ3v) is 1.52. The lowest BCUT2D eigenvalue weighted by Crippen LogP contribution is -2.00. The van der Waals surface area contributed by atoms with Crippen LogP contribution in [0.15, 0.2) is 24.4 Å². The summed E-state index contributed by atoms with van der Waals surface area (Å²) < 4.78 is 0.